The van der Waals surface area contributed by atoms with E-state index in [1.54, 1.807) is 0 Å². The zero-order chi connectivity index (χ0) is 73.5. The molecule has 0 aliphatic heterocycles. The van der Waals surface area contributed by atoms with Crippen LogP contribution in [0, 0.1) is 0 Å². The topological polar surface area (TPSA) is 68.7 Å². The Morgan fingerprint density at radius 2 is 0.545 bits per heavy atom. The molecule has 0 unspecified atom stereocenters. The summed E-state index contributed by atoms with van der Waals surface area (Å²) in [4.78, 5) is 10.2. The summed E-state index contributed by atoms with van der Waals surface area (Å²) in [6, 6.07) is 136. The maximum atomic E-state index is 15.9. The van der Waals surface area contributed by atoms with Gasteiger partial charge in [0.05, 0.1) is 38.5 Å². The Kier molecular flexibility index (Phi) is 15.0. The van der Waals surface area contributed by atoms with Gasteiger partial charge in [0.1, 0.15) is 11.3 Å². The molecule has 520 valence electrons. The van der Waals surface area contributed by atoms with E-state index in [9.17, 15) is 0 Å². The lowest BCUT2D eigenvalue weighted by atomic mass is 9.67. The van der Waals surface area contributed by atoms with E-state index in [4.69, 9.17) is 9.97 Å². The minimum absolute atomic E-state index is 0.277. The second kappa shape index (κ2) is 25.3. The van der Waals surface area contributed by atoms with Crippen LogP contribution in [0.4, 0.5) is 0 Å². The molecule has 8 heteroatoms. The van der Waals surface area contributed by atoms with Gasteiger partial charge in [-0.1, -0.05) is 317 Å². The highest BCUT2D eigenvalue weighted by Crippen LogP contribution is 2.59. The van der Waals surface area contributed by atoms with Crippen molar-refractivity contribution in [2.45, 2.75) is 24.7 Å². The van der Waals surface area contributed by atoms with Crippen LogP contribution in [0.15, 0.2) is 388 Å². The lowest BCUT2D eigenvalue weighted by Crippen LogP contribution is -2.31. The normalized spacial score (nSPS) is 13.4. The van der Waals surface area contributed by atoms with Gasteiger partial charge < -0.3 is 9.13 Å². The molecule has 22 rings (SSSR count). The van der Waals surface area contributed by atoms with E-state index in [-0.39, 0.29) is 5.41 Å². The summed E-state index contributed by atoms with van der Waals surface area (Å²) in [6.45, 7) is 4.60. The van der Waals surface area contributed by atoms with Crippen LogP contribution in [0.3, 0.4) is 0 Å². The molecule has 0 saturated heterocycles. The van der Waals surface area contributed by atoms with Crippen molar-refractivity contribution < 1.29 is 9.13 Å². The minimum Gasteiger partial charge on any atom is -0.309 e. The SMILES string of the molecule is CC1(C)c2cc(-c3ccc4c(c3)c3ccccc3n3c5ccccc5nc43)ccc2-c2ccc(P(=O)(c3ccccc3)c3ccccc3)cc21.O=P(c1ccccc1)(c1ccccc1)c1ccc2c(c1)C(c1ccccc1)(c1ccccc1)c1cc(-c3ccc4c(c3)c3ccccc3n3c5ccccc5nc43)ccc1-2. The number of benzene rings is 16. The van der Waals surface area contributed by atoms with Gasteiger partial charge in [-0.3, -0.25) is 8.80 Å². The second-order valence-corrected chi connectivity index (χ2v) is 35.3. The number of fused-ring (bicyclic) bond motifs is 22. The van der Waals surface area contributed by atoms with Crippen molar-refractivity contribution in [3.63, 3.8) is 0 Å². The minimum atomic E-state index is -3.28. The summed E-state index contributed by atoms with van der Waals surface area (Å²) >= 11 is 0. The van der Waals surface area contributed by atoms with Crippen molar-refractivity contribution in [1.82, 2.24) is 18.8 Å². The van der Waals surface area contributed by atoms with Crippen LogP contribution in [0.1, 0.15) is 47.2 Å². The van der Waals surface area contributed by atoms with E-state index in [1.165, 1.54) is 66.1 Å². The Bertz CT molecular complexity index is 7110. The summed E-state index contributed by atoms with van der Waals surface area (Å²) in [7, 11) is -6.37. The number of imidazole rings is 2. The smallest absolute Gasteiger partial charge is 0.171 e. The third kappa shape index (κ3) is 9.76. The lowest BCUT2D eigenvalue weighted by molar-refractivity contribution is 0.591. The van der Waals surface area contributed by atoms with Gasteiger partial charge in [0.25, 0.3) is 0 Å². The molecule has 0 atom stereocenters. The van der Waals surface area contributed by atoms with Crippen molar-refractivity contribution in [3.8, 4) is 44.5 Å². The molecule has 2 aliphatic rings. The molecule has 0 fully saturated rings. The van der Waals surface area contributed by atoms with Crippen molar-refractivity contribution in [3.05, 3.63) is 422 Å². The maximum absolute atomic E-state index is 15.9. The Labute approximate surface area is 637 Å². The Hall–Kier alpha value is -13.1. The highest BCUT2D eigenvalue weighted by molar-refractivity contribution is 7.85. The highest BCUT2D eigenvalue weighted by Gasteiger charge is 2.48. The number of aromatic nitrogens is 4. The van der Waals surface area contributed by atoms with Gasteiger partial charge in [0, 0.05) is 58.8 Å². The van der Waals surface area contributed by atoms with E-state index < -0.39 is 19.7 Å². The van der Waals surface area contributed by atoms with Gasteiger partial charge in [-0.15, -0.1) is 0 Å². The molecular formula is C102H70N4O2P2. The van der Waals surface area contributed by atoms with Gasteiger partial charge >= 0.3 is 0 Å². The predicted molar refractivity (Wildman–Crippen MR) is 460 cm³/mol. The molecule has 0 amide bonds. The largest absolute Gasteiger partial charge is 0.309 e. The fourth-order valence-corrected chi connectivity index (χ4v) is 23.7. The van der Waals surface area contributed by atoms with E-state index >= 15 is 9.13 Å². The van der Waals surface area contributed by atoms with Crippen molar-refractivity contribution in [2.75, 3.05) is 0 Å². The summed E-state index contributed by atoms with van der Waals surface area (Å²) in [6.07, 6.45) is 0. The van der Waals surface area contributed by atoms with Gasteiger partial charge in [-0.2, -0.15) is 0 Å². The summed E-state index contributed by atoms with van der Waals surface area (Å²) in [5.41, 5.74) is 24.1. The average Bonchev–Trinajstić information content (AvgIpc) is 1.54. The van der Waals surface area contributed by atoms with Gasteiger partial charge in [-0.05, 0) is 174 Å². The molecule has 6 nitrogen and oxygen atoms in total. The molecule has 4 heterocycles. The number of pyridine rings is 2. The molecule has 16 aromatic carbocycles. The van der Waals surface area contributed by atoms with Crippen LogP contribution >= 0.6 is 14.3 Å². The molecule has 0 bridgehead atoms. The quantitative estimate of drug-likeness (QED) is 0.101. The third-order valence-electron chi connectivity index (χ3n) is 23.6. The van der Waals surface area contributed by atoms with Crippen molar-refractivity contribution >= 4 is 123 Å². The number of nitrogens with zero attached hydrogens (tertiary/aromatic N) is 4. The van der Waals surface area contributed by atoms with E-state index in [2.05, 4.69) is 290 Å². The number of hydrogen-bond acceptors (Lipinski definition) is 4. The number of hydrogen-bond donors (Lipinski definition) is 0. The lowest BCUT2D eigenvalue weighted by Gasteiger charge is -2.34. The third-order valence-corrected chi connectivity index (χ3v) is 29.7. The Morgan fingerprint density at radius 3 is 0.964 bits per heavy atom. The van der Waals surface area contributed by atoms with Crippen LogP contribution in [-0.2, 0) is 20.0 Å². The molecule has 2 aliphatic carbocycles. The van der Waals surface area contributed by atoms with Crippen LogP contribution < -0.4 is 31.8 Å². The summed E-state index contributed by atoms with van der Waals surface area (Å²) < 4.78 is 35.8. The standard InChI is InChI=1S/C56H37N2OP.C46H33N2OP/c59-60(42-21-9-3-10-22-42,43-23-11-4-12-24-43)44-31-34-46-45-32-29-39(36-50(45)56(51(46)37-44,40-17-5-1-6-18-40)41-19-7-2-8-20-41)38-30-33-48-49(35-38)47-25-13-15-27-53(47)58-54-28-16-14-26-52(54)57-55(48)58;1-46(2)40-28-31(30-22-25-38-39(27-30)37-17-9-11-19-43(37)48-44-20-12-10-18-42(44)47-45(38)48)21-24-35(40)36-26-23-34(29-41(36)46)50(49,32-13-5-3-6-14-32)33-15-7-4-8-16-33/h1-37H;3-29H,1-2H3. The molecule has 20 aromatic rings. The second-order valence-electron chi connectivity index (χ2n) is 29.7. The molecule has 4 aromatic heterocycles. The van der Waals surface area contributed by atoms with Gasteiger partial charge in [0.2, 0.25) is 0 Å². The fourth-order valence-electron chi connectivity index (χ4n) is 18.4. The van der Waals surface area contributed by atoms with E-state index in [1.807, 2.05) is 121 Å². The molecule has 0 N–H and O–H groups in total. The predicted octanol–water partition coefficient (Wildman–Crippen LogP) is 22.9. The maximum Gasteiger partial charge on any atom is 0.171 e. The zero-order valence-electron chi connectivity index (χ0n) is 60.5. The molecular weight excluding hydrogens is 1380 g/mol. The first-order valence-electron chi connectivity index (χ1n) is 37.6. The average molecular weight is 1450 g/mol. The Balaban J connectivity index is 0.000000142. The van der Waals surface area contributed by atoms with Crippen molar-refractivity contribution in [1.29, 1.82) is 0 Å². The Morgan fingerprint density at radius 1 is 0.245 bits per heavy atom. The monoisotopic (exact) mass is 1440 g/mol. The first-order chi connectivity index (χ1) is 54.1. The summed E-state index contributed by atoms with van der Waals surface area (Å²) in [5.74, 6) is 0. The fraction of sp³-hybridized carbons (Fsp3) is 0.0392. The van der Waals surface area contributed by atoms with Gasteiger partial charge in [-0.25, -0.2) is 9.97 Å². The molecule has 0 spiro atoms. The first kappa shape index (κ1) is 65.2. The molecule has 0 saturated carbocycles. The number of para-hydroxylation sites is 6. The highest BCUT2D eigenvalue weighted by atomic mass is 31.2. The van der Waals surface area contributed by atoms with Gasteiger partial charge in [0.15, 0.2) is 14.3 Å². The van der Waals surface area contributed by atoms with Crippen LogP contribution in [-0.4, -0.2) is 18.8 Å². The zero-order valence-corrected chi connectivity index (χ0v) is 62.2. The van der Waals surface area contributed by atoms with Crippen molar-refractivity contribution in [2.24, 2.45) is 0 Å². The summed E-state index contributed by atoms with van der Waals surface area (Å²) in [5, 5.41) is 12.1. The first-order valence-corrected chi connectivity index (χ1v) is 41.1. The molecule has 110 heavy (non-hydrogen) atoms. The molecule has 0 radical (unpaired) electrons. The van der Waals surface area contributed by atoms with Crippen LogP contribution in [0.25, 0.3) is 121 Å². The van der Waals surface area contributed by atoms with E-state index in [0.717, 1.165) is 120 Å². The van der Waals surface area contributed by atoms with Crippen LogP contribution in [0.2, 0.25) is 0 Å². The van der Waals surface area contributed by atoms with E-state index in [0.29, 0.717) is 0 Å². The number of rotatable bonds is 10. The van der Waals surface area contributed by atoms with Crippen LogP contribution in [0.5, 0.6) is 0 Å².